The Labute approximate surface area is 192 Å². The molecule has 0 aromatic heterocycles. The fourth-order valence-electron chi connectivity index (χ4n) is 4.02. The Bertz CT molecular complexity index is 932. The van der Waals surface area contributed by atoms with Gasteiger partial charge in [-0.05, 0) is 54.2 Å². The van der Waals surface area contributed by atoms with Gasteiger partial charge in [-0.15, -0.1) is 0 Å². The molecule has 7 heteroatoms. The Balaban J connectivity index is 1.84. The lowest BCUT2D eigenvalue weighted by Gasteiger charge is -2.44. The van der Waals surface area contributed by atoms with Crippen molar-refractivity contribution >= 4 is 17.6 Å². The molecule has 1 saturated heterocycles. The van der Waals surface area contributed by atoms with Crippen LogP contribution in [0.2, 0.25) is 5.02 Å². The van der Waals surface area contributed by atoms with Crippen LogP contribution in [-0.4, -0.2) is 31.2 Å². The second-order valence-corrected chi connectivity index (χ2v) is 8.68. The minimum atomic E-state index is -3.11. The molecule has 4 unspecified atom stereocenters. The standard InChI is InChI=1S/C25H29ClF2O4/c1-5-30-21-9-6-18(7-10-21)12-20-13-19(8-11-22(20)26)24-15(2)16(3)25(27,28)23(32-24)14-31-17(4)29/h6-11,13,15-16,23-24H,5,12,14H2,1-4H3. The third-order valence-electron chi connectivity index (χ3n) is 6.08. The summed E-state index contributed by atoms with van der Waals surface area (Å²) in [6, 6.07) is 13.3. The van der Waals surface area contributed by atoms with Crippen molar-refractivity contribution in [3.63, 3.8) is 0 Å². The van der Waals surface area contributed by atoms with Gasteiger partial charge >= 0.3 is 5.97 Å². The lowest BCUT2D eigenvalue weighted by molar-refractivity contribution is -0.260. The van der Waals surface area contributed by atoms with Gasteiger partial charge in [0.1, 0.15) is 12.4 Å². The quantitative estimate of drug-likeness (QED) is 0.453. The van der Waals surface area contributed by atoms with E-state index in [0.717, 1.165) is 22.4 Å². The maximum absolute atomic E-state index is 14.8. The van der Waals surface area contributed by atoms with Crippen LogP contribution in [0.3, 0.4) is 0 Å². The number of hydrogen-bond donors (Lipinski definition) is 0. The molecule has 4 nitrogen and oxygen atoms in total. The zero-order valence-corrected chi connectivity index (χ0v) is 19.5. The van der Waals surface area contributed by atoms with E-state index in [-0.39, 0.29) is 0 Å². The van der Waals surface area contributed by atoms with E-state index in [4.69, 9.17) is 25.8 Å². The summed E-state index contributed by atoms with van der Waals surface area (Å²) in [5.74, 6) is -4.32. The number of esters is 1. The van der Waals surface area contributed by atoms with E-state index in [2.05, 4.69) is 0 Å². The molecule has 1 aliphatic rings. The fraction of sp³-hybridized carbons (Fsp3) is 0.480. The molecule has 0 bridgehead atoms. The maximum Gasteiger partial charge on any atom is 0.302 e. The first-order valence-corrected chi connectivity index (χ1v) is 11.2. The molecule has 1 heterocycles. The lowest BCUT2D eigenvalue weighted by Crippen LogP contribution is -2.53. The van der Waals surface area contributed by atoms with Gasteiger partial charge in [-0.25, -0.2) is 8.78 Å². The van der Waals surface area contributed by atoms with Crippen LogP contribution < -0.4 is 4.74 Å². The van der Waals surface area contributed by atoms with E-state index in [1.807, 2.05) is 43.3 Å². The number of benzene rings is 2. The van der Waals surface area contributed by atoms with Gasteiger partial charge < -0.3 is 14.2 Å². The predicted octanol–water partition coefficient (Wildman–Crippen LogP) is 6.24. The zero-order valence-electron chi connectivity index (χ0n) is 18.7. The SMILES string of the molecule is CCOc1ccc(Cc2cc(C3OC(COC(C)=O)C(F)(F)C(C)C3C)ccc2Cl)cc1. The second kappa shape index (κ2) is 10.2. The fourth-order valence-corrected chi connectivity index (χ4v) is 4.20. The molecule has 1 aliphatic heterocycles. The third-order valence-corrected chi connectivity index (χ3v) is 6.45. The molecule has 3 rings (SSSR count). The largest absolute Gasteiger partial charge is 0.494 e. The van der Waals surface area contributed by atoms with E-state index in [1.54, 1.807) is 13.0 Å². The molecule has 0 spiro atoms. The Morgan fingerprint density at radius 2 is 1.84 bits per heavy atom. The summed E-state index contributed by atoms with van der Waals surface area (Å²) in [4.78, 5) is 11.2. The monoisotopic (exact) mass is 466 g/mol. The lowest BCUT2D eigenvalue weighted by atomic mass is 9.78. The molecule has 4 atom stereocenters. The van der Waals surface area contributed by atoms with Crippen LogP contribution in [0.25, 0.3) is 0 Å². The first kappa shape index (κ1) is 24.5. The maximum atomic E-state index is 14.8. The Kier molecular flexibility index (Phi) is 7.78. The molecular weight excluding hydrogens is 438 g/mol. The van der Waals surface area contributed by atoms with E-state index in [0.29, 0.717) is 18.1 Å². The number of hydrogen-bond acceptors (Lipinski definition) is 4. The molecule has 0 aliphatic carbocycles. The van der Waals surface area contributed by atoms with Crippen LogP contribution in [0, 0.1) is 11.8 Å². The Morgan fingerprint density at radius 3 is 2.47 bits per heavy atom. The summed E-state index contributed by atoms with van der Waals surface area (Å²) in [7, 11) is 0. The number of rotatable bonds is 7. The summed E-state index contributed by atoms with van der Waals surface area (Å²) in [6.07, 6.45) is -1.49. The van der Waals surface area contributed by atoms with Crippen LogP contribution in [-0.2, 0) is 20.7 Å². The van der Waals surface area contributed by atoms with Gasteiger partial charge in [0.05, 0.1) is 12.7 Å². The molecule has 2 aromatic rings. The van der Waals surface area contributed by atoms with Crippen molar-refractivity contribution < 1.29 is 27.8 Å². The van der Waals surface area contributed by atoms with Crippen molar-refractivity contribution in [2.75, 3.05) is 13.2 Å². The van der Waals surface area contributed by atoms with E-state index in [9.17, 15) is 13.6 Å². The van der Waals surface area contributed by atoms with Gasteiger partial charge in [-0.3, -0.25) is 4.79 Å². The highest BCUT2D eigenvalue weighted by Gasteiger charge is 2.55. The predicted molar refractivity (Wildman–Crippen MR) is 119 cm³/mol. The summed E-state index contributed by atoms with van der Waals surface area (Å²) in [5, 5.41) is 0.598. The molecule has 32 heavy (non-hydrogen) atoms. The van der Waals surface area contributed by atoms with Gasteiger partial charge in [0.2, 0.25) is 0 Å². The first-order valence-electron chi connectivity index (χ1n) is 10.8. The number of alkyl halides is 2. The summed E-state index contributed by atoms with van der Waals surface area (Å²) >= 11 is 6.45. The zero-order chi connectivity index (χ0) is 23.5. The van der Waals surface area contributed by atoms with Crippen molar-refractivity contribution in [2.45, 2.75) is 52.2 Å². The van der Waals surface area contributed by atoms with Gasteiger partial charge in [0, 0.05) is 17.9 Å². The molecule has 1 fully saturated rings. The number of halogens is 3. The molecular formula is C25H29ClF2O4. The molecule has 0 radical (unpaired) electrons. The Hall–Kier alpha value is -2.18. The summed E-state index contributed by atoms with van der Waals surface area (Å²) < 4.78 is 45.8. The molecule has 0 amide bonds. The minimum absolute atomic E-state index is 0.446. The summed E-state index contributed by atoms with van der Waals surface area (Å²) in [5.41, 5.74) is 2.71. The van der Waals surface area contributed by atoms with Crippen LogP contribution in [0.5, 0.6) is 5.75 Å². The average Bonchev–Trinajstić information content (AvgIpc) is 2.75. The number of ether oxygens (including phenoxy) is 3. The van der Waals surface area contributed by atoms with E-state index in [1.165, 1.54) is 13.8 Å². The van der Waals surface area contributed by atoms with Gasteiger partial charge in [0.25, 0.3) is 5.92 Å². The molecule has 0 saturated carbocycles. The highest BCUT2D eigenvalue weighted by atomic mass is 35.5. The van der Waals surface area contributed by atoms with Gasteiger partial charge in [-0.2, -0.15) is 0 Å². The smallest absolute Gasteiger partial charge is 0.302 e. The third kappa shape index (κ3) is 5.41. The number of carbonyl (C=O) groups excluding carboxylic acids is 1. The highest BCUT2D eigenvalue weighted by Crippen LogP contribution is 2.48. The van der Waals surface area contributed by atoms with Gasteiger partial charge in [-0.1, -0.05) is 49.7 Å². The van der Waals surface area contributed by atoms with Crippen molar-refractivity contribution in [3.8, 4) is 5.75 Å². The van der Waals surface area contributed by atoms with Gasteiger partial charge in [0.15, 0.2) is 6.10 Å². The van der Waals surface area contributed by atoms with Crippen LogP contribution in [0.4, 0.5) is 8.78 Å². The van der Waals surface area contributed by atoms with Crippen LogP contribution in [0.15, 0.2) is 42.5 Å². The van der Waals surface area contributed by atoms with Crippen molar-refractivity contribution in [1.82, 2.24) is 0 Å². The highest BCUT2D eigenvalue weighted by molar-refractivity contribution is 6.31. The minimum Gasteiger partial charge on any atom is -0.494 e. The molecule has 2 aromatic carbocycles. The average molecular weight is 467 g/mol. The van der Waals surface area contributed by atoms with Crippen LogP contribution in [0.1, 0.15) is 50.5 Å². The number of carbonyl (C=O) groups is 1. The van der Waals surface area contributed by atoms with Crippen molar-refractivity contribution in [1.29, 1.82) is 0 Å². The summed E-state index contributed by atoms with van der Waals surface area (Å²) in [6.45, 7) is 6.51. The van der Waals surface area contributed by atoms with Crippen molar-refractivity contribution in [3.05, 3.63) is 64.2 Å². The van der Waals surface area contributed by atoms with Crippen molar-refractivity contribution in [2.24, 2.45) is 11.8 Å². The Morgan fingerprint density at radius 1 is 1.16 bits per heavy atom. The molecule has 0 N–H and O–H groups in total. The van der Waals surface area contributed by atoms with E-state index >= 15 is 0 Å². The second-order valence-electron chi connectivity index (χ2n) is 8.27. The topological polar surface area (TPSA) is 44.8 Å². The molecule has 174 valence electrons. The first-order chi connectivity index (χ1) is 15.1. The van der Waals surface area contributed by atoms with Crippen LogP contribution >= 0.6 is 11.6 Å². The normalized spacial score (nSPS) is 24.7. The van der Waals surface area contributed by atoms with E-state index < -0.39 is 42.5 Å².